The van der Waals surface area contributed by atoms with E-state index in [1.807, 2.05) is 36.4 Å². The second-order valence-electron chi connectivity index (χ2n) is 5.91. The van der Waals surface area contributed by atoms with E-state index in [0.717, 1.165) is 35.0 Å². The smallest absolute Gasteiger partial charge is 0.120 e. The topological polar surface area (TPSA) is 12.5 Å². The SMILES string of the molecule is S=C(c1cccc(OCc2ccc(Cl)cc2Cl)c1)N1CCCCC1. The summed E-state index contributed by atoms with van der Waals surface area (Å²) in [6.07, 6.45) is 3.72. The number of thiocarbonyl (C=S) groups is 1. The van der Waals surface area contributed by atoms with Gasteiger partial charge in [-0.2, -0.15) is 0 Å². The van der Waals surface area contributed by atoms with Gasteiger partial charge in [0, 0.05) is 34.3 Å². The first-order chi connectivity index (χ1) is 11.6. The fourth-order valence-corrected chi connectivity index (χ4v) is 3.57. The lowest BCUT2D eigenvalue weighted by Crippen LogP contribution is -2.34. The van der Waals surface area contributed by atoms with Crippen LogP contribution in [0.25, 0.3) is 0 Å². The summed E-state index contributed by atoms with van der Waals surface area (Å²) in [5, 5.41) is 1.24. The molecule has 0 aromatic heterocycles. The minimum Gasteiger partial charge on any atom is -0.489 e. The van der Waals surface area contributed by atoms with Gasteiger partial charge in [-0.3, -0.25) is 0 Å². The number of benzene rings is 2. The van der Waals surface area contributed by atoms with Crippen molar-refractivity contribution in [3.05, 3.63) is 63.6 Å². The maximum atomic E-state index is 6.19. The van der Waals surface area contributed by atoms with Gasteiger partial charge in [-0.05, 0) is 43.5 Å². The second kappa shape index (κ2) is 8.19. The average molecular weight is 380 g/mol. The first-order valence-corrected chi connectivity index (χ1v) is 9.26. The molecule has 0 spiro atoms. The minimum absolute atomic E-state index is 0.399. The molecule has 2 aromatic carbocycles. The number of nitrogens with zero attached hydrogens (tertiary/aromatic N) is 1. The number of likely N-dealkylation sites (tertiary alicyclic amines) is 1. The molecule has 0 N–H and O–H groups in total. The Morgan fingerprint density at radius 3 is 2.58 bits per heavy atom. The van der Waals surface area contributed by atoms with Crippen molar-refractivity contribution in [3.8, 4) is 5.75 Å². The first kappa shape index (κ1) is 17.5. The molecular weight excluding hydrogens is 361 g/mol. The fourth-order valence-electron chi connectivity index (χ4n) is 2.80. The Morgan fingerprint density at radius 1 is 1.04 bits per heavy atom. The third-order valence-corrected chi connectivity index (χ3v) is 5.21. The highest BCUT2D eigenvalue weighted by Crippen LogP contribution is 2.24. The molecule has 0 amide bonds. The Bertz CT molecular complexity index is 729. The standard InChI is InChI=1S/C19H19Cl2NOS/c20-16-8-7-15(18(21)12-16)13-23-17-6-4-5-14(11-17)19(24)22-9-2-1-3-10-22/h4-8,11-12H,1-3,9-10,13H2. The van der Waals surface area contributed by atoms with Gasteiger partial charge in [0.1, 0.15) is 17.3 Å². The number of piperidine rings is 1. The van der Waals surface area contributed by atoms with Crippen LogP contribution in [0.15, 0.2) is 42.5 Å². The molecule has 0 radical (unpaired) electrons. The van der Waals surface area contributed by atoms with E-state index in [1.54, 1.807) is 6.07 Å². The van der Waals surface area contributed by atoms with Gasteiger partial charge in [0.05, 0.1) is 0 Å². The monoisotopic (exact) mass is 379 g/mol. The summed E-state index contributed by atoms with van der Waals surface area (Å²) >= 11 is 17.8. The van der Waals surface area contributed by atoms with Crippen LogP contribution in [0.3, 0.4) is 0 Å². The third-order valence-electron chi connectivity index (χ3n) is 4.13. The second-order valence-corrected chi connectivity index (χ2v) is 7.14. The maximum Gasteiger partial charge on any atom is 0.120 e. The maximum absolute atomic E-state index is 6.19. The summed E-state index contributed by atoms with van der Waals surface area (Å²) in [7, 11) is 0. The zero-order chi connectivity index (χ0) is 16.9. The summed E-state index contributed by atoms with van der Waals surface area (Å²) < 4.78 is 5.89. The lowest BCUT2D eigenvalue weighted by molar-refractivity contribution is 0.306. The Morgan fingerprint density at radius 2 is 1.83 bits per heavy atom. The van der Waals surface area contributed by atoms with Crippen LogP contribution in [0.5, 0.6) is 5.75 Å². The van der Waals surface area contributed by atoms with Crippen LogP contribution < -0.4 is 4.74 Å². The predicted octanol–water partition coefficient (Wildman–Crippen LogP) is 5.73. The quantitative estimate of drug-likeness (QED) is 0.628. The minimum atomic E-state index is 0.399. The first-order valence-electron chi connectivity index (χ1n) is 8.09. The largest absolute Gasteiger partial charge is 0.489 e. The van der Waals surface area contributed by atoms with Crippen LogP contribution in [0.1, 0.15) is 30.4 Å². The molecule has 1 heterocycles. The number of halogens is 2. The summed E-state index contributed by atoms with van der Waals surface area (Å²) in [4.78, 5) is 3.19. The van der Waals surface area contributed by atoms with E-state index in [0.29, 0.717) is 16.7 Å². The number of ether oxygens (including phenoxy) is 1. The van der Waals surface area contributed by atoms with Crippen LogP contribution in [-0.4, -0.2) is 23.0 Å². The number of hydrogen-bond donors (Lipinski definition) is 0. The predicted molar refractivity (Wildman–Crippen MR) is 104 cm³/mol. The summed E-state index contributed by atoms with van der Waals surface area (Å²) in [5.41, 5.74) is 1.94. The molecule has 1 saturated heterocycles. The average Bonchev–Trinajstić information content (AvgIpc) is 2.61. The van der Waals surface area contributed by atoms with Crippen molar-refractivity contribution >= 4 is 40.4 Å². The Hall–Kier alpha value is -1.29. The Labute approximate surface area is 158 Å². The molecule has 0 unspecified atom stereocenters. The molecule has 2 nitrogen and oxygen atoms in total. The highest BCUT2D eigenvalue weighted by molar-refractivity contribution is 7.80. The molecule has 0 saturated carbocycles. The van der Waals surface area contributed by atoms with E-state index in [9.17, 15) is 0 Å². The van der Waals surface area contributed by atoms with Crippen molar-refractivity contribution in [1.29, 1.82) is 0 Å². The highest BCUT2D eigenvalue weighted by atomic mass is 35.5. The zero-order valence-corrected chi connectivity index (χ0v) is 15.6. The molecule has 0 atom stereocenters. The van der Waals surface area contributed by atoms with E-state index >= 15 is 0 Å². The van der Waals surface area contributed by atoms with Crippen molar-refractivity contribution in [3.63, 3.8) is 0 Å². The Kier molecular flexibility index (Phi) is 5.99. The molecular formula is C19H19Cl2NOS. The molecule has 3 rings (SSSR count). The van der Waals surface area contributed by atoms with Crippen molar-refractivity contribution in [2.75, 3.05) is 13.1 Å². The van der Waals surface area contributed by atoms with E-state index < -0.39 is 0 Å². The molecule has 126 valence electrons. The molecule has 2 aromatic rings. The molecule has 1 aliphatic heterocycles. The number of rotatable bonds is 4. The number of hydrogen-bond acceptors (Lipinski definition) is 2. The molecule has 0 aliphatic carbocycles. The third kappa shape index (κ3) is 4.41. The van der Waals surface area contributed by atoms with Gasteiger partial charge >= 0.3 is 0 Å². The lowest BCUT2D eigenvalue weighted by atomic mass is 10.1. The van der Waals surface area contributed by atoms with E-state index in [1.165, 1.54) is 19.3 Å². The summed E-state index contributed by atoms with van der Waals surface area (Å²) in [5.74, 6) is 0.790. The Balaban J connectivity index is 1.67. The van der Waals surface area contributed by atoms with Crippen molar-refractivity contribution in [2.45, 2.75) is 25.9 Å². The van der Waals surface area contributed by atoms with Crippen LogP contribution in [0, 0.1) is 0 Å². The van der Waals surface area contributed by atoms with Gasteiger partial charge in [0.2, 0.25) is 0 Å². The van der Waals surface area contributed by atoms with Crippen molar-refractivity contribution < 1.29 is 4.74 Å². The van der Waals surface area contributed by atoms with E-state index in [-0.39, 0.29) is 0 Å². The molecule has 24 heavy (non-hydrogen) atoms. The molecule has 0 bridgehead atoms. The van der Waals surface area contributed by atoms with E-state index in [2.05, 4.69) is 4.90 Å². The summed E-state index contributed by atoms with van der Waals surface area (Å²) in [6, 6.07) is 13.4. The van der Waals surface area contributed by atoms with Gasteiger partial charge in [-0.1, -0.05) is 53.6 Å². The van der Waals surface area contributed by atoms with Crippen LogP contribution in [0.2, 0.25) is 10.0 Å². The summed E-state index contributed by atoms with van der Waals surface area (Å²) in [6.45, 7) is 2.49. The zero-order valence-electron chi connectivity index (χ0n) is 13.3. The highest BCUT2D eigenvalue weighted by Gasteiger charge is 2.15. The van der Waals surface area contributed by atoms with Gasteiger partial charge in [0.25, 0.3) is 0 Å². The van der Waals surface area contributed by atoms with Gasteiger partial charge in [-0.15, -0.1) is 0 Å². The van der Waals surface area contributed by atoms with Crippen LogP contribution >= 0.6 is 35.4 Å². The molecule has 1 aliphatic rings. The van der Waals surface area contributed by atoms with Crippen molar-refractivity contribution in [2.24, 2.45) is 0 Å². The van der Waals surface area contributed by atoms with Crippen LogP contribution in [0.4, 0.5) is 0 Å². The van der Waals surface area contributed by atoms with Crippen LogP contribution in [-0.2, 0) is 6.61 Å². The van der Waals surface area contributed by atoms with Crippen molar-refractivity contribution in [1.82, 2.24) is 4.90 Å². The normalized spacial score (nSPS) is 14.5. The van der Waals surface area contributed by atoms with Gasteiger partial charge in [0.15, 0.2) is 0 Å². The van der Waals surface area contributed by atoms with Gasteiger partial charge in [-0.25, -0.2) is 0 Å². The van der Waals surface area contributed by atoms with Gasteiger partial charge < -0.3 is 9.64 Å². The van der Waals surface area contributed by atoms with E-state index in [4.69, 9.17) is 40.2 Å². The molecule has 1 fully saturated rings. The fraction of sp³-hybridized carbons (Fsp3) is 0.316. The molecule has 5 heteroatoms. The lowest BCUT2D eigenvalue weighted by Gasteiger charge is -2.29.